The van der Waals surface area contributed by atoms with Gasteiger partial charge in [-0.2, -0.15) is 0 Å². The summed E-state index contributed by atoms with van der Waals surface area (Å²) in [6, 6.07) is 13.9. The summed E-state index contributed by atoms with van der Waals surface area (Å²) in [5.41, 5.74) is 2.92. The Balaban J connectivity index is 0.000000173. The molecule has 1 N–H and O–H groups in total. The van der Waals surface area contributed by atoms with E-state index < -0.39 is 5.97 Å². The maximum atomic E-state index is 11.1. The number of hydrogen-bond acceptors (Lipinski definition) is 8. The van der Waals surface area contributed by atoms with Crippen LogP contribution in [0.3, 0.4) is 0 Å². The molecule has 0 atom stereocenters. The van der Waals surface area contributed by atoms with E-state index >= 15 is 0 Å². The number of benzene rings is 2. The standard InChI is InChI=1S/C15H20N4O2.C13H11ClO3.C3H6O/c1-17-5-7-19(8-6-17)10-14-16-12-4-3-11(15(20)21)9-13(12)18(14)2;1-9-12(14)3-2-4-13(9)16-8-11-6-5-10(7-15)17-11;1-2-4-3-1/h3-4,9H,5-8,10H2,1-2H3,(H,20,21);2-7H,8H2,1H3;1-3H2. The number of likely N-dealkylation sites (N-methyl/N-ethyl adjacent to an activating group) is 1. The van der Waals surface area contributed by atoms with E-state index in [4.69, 9.17) is 30.6 Å². The maximum absolute atomic E-state index is 11.1. The summed E-state index contributed by atoms with van der Waals surface area (Å²) in [4.78, 5) is 30.9. The first-order chi connectivity index (χ1) is 20.2. The van der Waals surface area contributed by atoms with Crippen LogP contribution in [-0.2, 0) is 24.9 Å². The predicted octanol–water partition coefficient (Wildman–Crippen LogP) is 5.06. The van der Waals surface area contributed by atoms with Gasteiger partial charge in [0.1, 0.15) is 23.9 Å². The molecule has 6 rings (SSSR count). The molecule has 11 heteroatoms. The van der Waals surface area contributed by atoms with Crippen LogP contribution in [-0.4, -0.2) is 83.2 Å². The topological polar surface area (TPSA) is 110 Å². The number of carboxylic acids is 1. The Morgan fingerprint density at radius 3 is 2.43 bits per heavy atom. The first-order valence-corrected chi connectivity index (χ1v) is 14.2. The van der Waals surface area contributed by atoms with Crippen molar-refractivity contribution in [2.45, 2.75) is 26.5 Å². The van der Waals surface area contributed by atoms with Crippen LogP contribution in [0.1, 0.15) is 44.5 Å². The third-order valence-corrected chi connectivity index (χ3v) is 7.55. The minimum absolute atomic E-state index is 0.273. The smallest absolute Gasteiger partial charge is 0.335 e. The average Bonchev–Trinajstić information content (AvgIpc) is 3.54. The lowest BCUT2D eigenvalue weighted by atomic mass is 10.2. The van der Waals surface area contributed by atoms with Crippen LogP contribution in [0.25, 0.3) is 11.0 Å². The molecule has 0 amide bonds. The van der Waals surface area contributed by atoms with Crippen LogP contribution in [0.5, 0.6) is 5.75 Å². The number of aromatic nitrogens is 2. The minimum atomic E-state index is -0.904. The number of ether oxygens (including phenoxy) is 2. The molecule has 4 aromatic rings. The van der Waals surface area contributed by atoms with Crippen LogP contribution in [0, 0.1) is 6.92 Å². The van der Waals surface area contributed by atoms with Gasteiger partial charge < -0.3 is 28.5 Å². The molecule has 2 aromatic carbocycles. The van der Waals surface area contributed by atoms with Gasteiger partial charge in [-0.15, -0.1) is 0 Å². The van der Waals surface area contributed by atoms with Crippen LogP contribution in [0.15, 0.2) is 52.9 Å². The van der Waals surface area contributed by atoms with Gasteiger partial charge in [-0.25, -0.2) is 9.78 Å². The molecule has 4 heterocycles. The fourth-order valence-corrected chi connectivity index (χ4v) is 4.46. The van der Waals surface area contributed by atoms with E-state index in [-0.39, 0.29) is 6.61 Å². The molecular weight excluding hydrogens is 560 g/mol. The largest absolute Gasteiger partial charge is 0.485 e. The zero-order valence-corrected chi connectivity index (χ0v) is 25.0. The fourth-order valence-electron chi connectivity index (χ4n) is 4.29. The number of halogens is 1. The summed E-state index contributed by atoms with van der Waals surface area (Å²) in [7, 11) is 4.09. The van der Waals surface area contributed by atoms with Crippen molar-refractivity contribution in [3.8, 4) is 5.75 Å². The summed E-state index contributed by atoms with van der Waals surface area (Å²) in [5, 5.41) is 9.75. The lowest BCUT2D eigenvalue weighted by Crippen LogP contribution is -2.44. The molecule has 0 aliphatic carbocycles. The molecule has 2 saturated heterocycles. The summed E-state index contributed by atoms with van der Waals surface area (Å²) in [6.45, 7) is 9.20. The summed E-state index contributed by atoms with van der Waals surface area (Å²) < 4.78 is 17.5. The van der Waals surface area contributed by atoms with Gasteiger partial charge in [0.25, 0.3) is 0 Å². The molecular formula is C31H37ClN4O6. The molecule has 42 heavy (non-hydrogen) atoms. The highest BCUT2D eigenvalue weighted by molar-refractivity contribution is 6.31. The number of carboxylic acid groups (broad SMARTS) is 1. The number of aldehydes is 1. The Labute approximate surface area is 250 Å². The normalized spacial score (nSPS) is 15.1. The number of imidazole rings is 1. The van der Waals surface area contributed by atoms with Gasteiger partial charge in [0.15, 0.2) is 12.0 Å². The number of hydrogen-bond donors (Lipinski definition) is 1. The molecule has 0 saturated carbocycles. The van der Waals surface area contributed by atoms with E-state index in [0.717, 1.165) is 68.4 Å². The SMILES string of the molecule is C1COC1.CN1CCN(Cc2nc3ccc(C(=O)O)cc3n2C)CC1.Cc1c(Cl)cccc1OCc1ccc(C=O)o1. The molecule has 10 nitrogen and oxygen atoms in total. The zero-order chi connectivity index (χ0) is 30.1. The van der Waals surface area contributed by atoms with Crippen molar-refractivity contribution in [1.82, 2.24) is 19.4 Å². The second-order valence-electron chi connectivity index (χ2n) is 10.2. The molecule has 2 aromatic heterocycles. The fraction of sp³-hybridized carbons (Fsp3) is 0.387. The number of carbonyl (C=O) groups is 2. The van der Waals surface area contributed by atoms with Crippen molar-refractivity contribution in [1.29, 1.82) is 0 Å². The van der Waals surface area contributed by atoms with Crippen LogP contribution in [0.2, 0.25) is 5.02 Å². The van der Waals surface area contributed by atoms with Gasteiger partial charge in [0.05, 0.1) is 23.1 Å². The number of piperazine rings is 1. The highest BCUT2D eigenvalue weighted by atomic mass is 35.5. The first-order valence-electron chi connectivity index (χ1n) is 13.8. The van der Waals surface area contributed by atoms with Crippen LogP contribution < -0.4 is 4.74 Å². The molecule has 0 unspecified atom stereocenters. The van der Waals surface area contributed by atoms with Crippen molar-refractivity contribution >= 4 is 34.9 Å². The highest BCUT2D eigenvalue weighted by Crippen LogP contribution is 2.26. The van der Waals surface area contributed by atoms with E-state index in [1.165, 1.54) is 6.42 Å². The monoisotopic (exact) mass is 596 g/mol. The van der Waals surface area contributed by atoms with Crippen molar-refractivity contribution in [2.24, 2.45) is 7.05 Å². The molecule has 2 aliphatic rings. The van der Waals surface area contributed by atoms with E-state index in [2.05, 4.69) is 21.8 Å². The zero-order valence-electron chi connectivity index (χ0n) is 24.2. The minimum Gasteiger partial charge on any atom is -0.485 e. The van der Waals surface area contributed by atoms with Crippen LogP contribution >= 0.6 is 11.6 Å². The number of nitrogens with zero attached hydrogens (tertiary/aromatic N) is 4. The van der Waals surface area contributed by atoms with Gasteiger partial charge in [-0.1, -0.05) is 17.7 Å². The lowest BCUT2D eigenvalue weighted by molar-refractivity contribution is 0.0367. The molecule has 0 radical (unpaired) electrons. The molecule has 224 valence electrons. The molecule has 0 spiro atoms. The number of carbonyl (C=O) groups excluding carboxylic acids is 1. The average molecular weight is 597 g/mol. The van der Waals surface area contributed by atoms with Crippen LogP contribution in [0.4, 0.5) is 0 Å². The van der Waals surface area contributed by atoms with Crippen molar-refractivity contribution in [3.05, 3.63) is 82.0 Å². The van der Waals surface area contributed by atoms with Gasteiger partial charge >= 0.3 is 5.97 Å². The number of aryl methyl sites for hydroxylation is 1. The quantitative estimate of drug-likeness (QED) is 0.293. The Morgan fingerprint density at radius 1 is 1.10 bits per heavy atom. The molecule has 2 aliphatic heterocycles. The van der Waals surface area contributed by atoms with E-state index in [0.29, 0.717) is 34.1 Å². The van der Waals surface area contributed by atoms with Gasteiger partial charge in [-0.05, 0) is 62.9 Å². The third kappa shape index (κ3) is 8.42. The second kappa shape index (κ2) is 15.0. The third-order valence-electron chi connectivity index (χ3n) is 7.15. The Bertz CT molecular complexity index is 1480. The maximum Gasteiger partial charge on any atom is 0.335 e. The van der Waals surface area contributed by atoms with E-state index in [1.807, 2.05) is 30.7 Å². The van der Waals surface area contributed by atoms with Crippen molar-refractivity contribution in [3.63, 3.8) is 0 Å². The van der Waals surface area contributed by atoms with Crippen molar-refractivity contribution in [2.75, 3.05) is 46.4 Å². The number of rotatable bonds is 7. The van der Waals surface area contributed by atoms with Gasteiger partial charge in [-0.3, -0.25) is 9.69 Å². The summed E-state index contributed by atoms with van der Waals surface area (Å²) in [6.07, 6.45) is 1.94. The number of fused-ring (bicyclic) bond motifs is 1. The second-order valence-corrected chi connectivity index (χ2v) is 10.6. The predicted molar refractivity (Wildman–Crippen MR) is 160 cm³/mol. The Kier molecular flexibility index (Phi) is 11.1. The summed E-state index contributed by atoms with van der Waals surface area (Å²) in [5.74, 6) is 1.69. The lowest BCUT2D eigenvalue weighted by Gasteiger charge is -2.31. The summed E-state index contributed by atoms with van der Waals surface area (Å²) >= 11 is 5.97. The first kappa shape index (κ1) is 31.2. The number of furan rings is 1. The Hall–Kier alpha value is -3.70. The van der Waals surface area contributed by atoms with E-state index in [1.54, 1.807) is 36.4 Å². The highest BCUT2D eigenvalue weighted by Gasteiger charge is 2.17. The van der Waals surface area contributed by atoms with Crippen molar-refractivity contribution < 1.29 is 28.6 Å². The van der Waals surface area contributed by atoms with Gasteiger partial charge in [0, 0.05) is 57.0 Å². The molecule has 2 fully saturated rings. The number of aromatic carboxylic acids is 1. The molecule has 0 bridgehead atoms. The Morgan fingerprint density at radius 2 is 1.81 bits per heavy atom. The van der Waals surface area contributed by atoms with E-state index in [9.17, 15) is 9.59 Å². The van der Waals surface area contributed by atoms with Gasteiger partial charge in [0.2, 0.25) is 0 Å².